The highest BCUT2D eigenvalue weighted by molar-refractivity contribution is 7.79. The van der Waals surface area contributed by atoms with Crippen molar-refractivity contribution < 1.29 is 18.7 Å². The smallest absolute Gasteiger partial charge is 0.335 e. The summed E-state index contributed by atoms with van der Waals surface area (Å²) >= 11 is -2.17. The molecule has 0 radical (unpaired) electrons. The molecule has 0 bridgehead atoms. The van der Waals surface area contributed by atoms with Gasteiger partial charge in [-0.15, -0.1) is 0 Å². The van der Waals surface area contributed by atoms with Crippen LogP contribution in [0.2, 0.25) is 0 Å². The van der Waals surface area contributed by atoms with E-state index in [0.717, 1.165) is 11.1 Å². The van der Waals surface area contributed by atoms with Crippen LogP contribution in [0, 0.1) is 0 Å². The lowest BCUT2D eigenvalue weighted by molar-refractivity contribution is 0.0697. The molecule has 1 aromatic carbocycles. The first-order valence-electron chi connectivity index (χ1n) is 5.66. The molecule has 1 atom stereocenters. The minimum atomic E-state index is -2.17. The third-order valence-electron chi connectivity index (χ3n) is 2.60. The molecule has 0 aliphatic carbocycles. The molecule has 20 heavy (non-hydrogen) atoms. The molecule has 7 heteroatoms. The first-order valence-corrected chi connectivity index (χ1v) is 6.90. The molecular formula is C13H11N2O4S-. The predicted octanol–water partition coefficient (Wildman–Crippen LogP) is 1.70. The van der Waals surface area contributed by atoms with Crippen molar-refractivity contribution in [3.63, 3.8) is 0 Å². The standard InChI is InChI=1S/C13H12N2O4S/c16-13(17)10-3-1-9(2-4-10)11-5-6-12(14-7-11)15-8-20(18)19/h1-7H,8H2,(H,14,15)(H,16,17)(H,18,19)/p-1. The fraction of sp³-hybridized carbons (Fsp3) is 0.0769. The van der Waals surface area contributed by atoms with Gasteiger partial charge < -0.3 is 15.0 Å². The van der Waals surface area contributed by atoms with Crippen molar-refractivity contribution in [3.05, 3.63) is 48.2 Å². The second kappa shape index (κ2) is 6.27. The fourth-order valence-corrected chi connectivity index (χ4v) is 1.87. The van der Waals surface area contributed by atoms with Gasteiger partial charge in [0.25, 0.3) is 0 Å². The lowest BCUT2D eigenvalue weighted by Crippen LogP contribution is -2.08. The lowest BCUT2D eigenvalue weighted by Gasteiger charge is -2.08. The number of nitrogens with one attached hydrogen (secondary N) is 1. The average molecular weight is 291 g/mol. The second-order valence-electron chi connectivity index (χ2n) is 3.94. The molecule has 0 saturated carbocycles. The number of benzene rings is 1. The van der Waals surface area contributed by atoms with Gasteiger partial charge in [0.2, 0.25) is 0 Å². The van der Waals surface area contributed by atoms with Crippen LogP contribution in [0.25, 0.3) is 11.1 Å². The zero-order chi connectivity index (χ0) is 14.5. The van der Waals surface area contributed by atoms with E-state index in [0.29, 0.717) is 5.82 Å². The Balaban J connectivity index is 2.13. The number of carbonyl (C=O) groups is 1. The van der Waals surface area contributed by atoms with E-state index < -0.39 is 17.0 Å². The Bertz CT molecular complexity index is 626. The van der Waals surface area contributed by atoms with E-state index in [-0.39, 0.29) is 11.4 Å². The van der Waals surface area contributed by atoms with Crippen molar-refractivity contribution in [2.45, 2.75) is 0 Å². The van der Waals surface area contributed by atoms with E-state index in [4.69, 9.17) is 5.11 Å². The van der Waals surface area contributed by atoms with Crippen LogP contribution >= 0.6 is 0 Å². The number of aromatic nitrogens is 1. The summed E-state index contributed by atoms with van der Waals surface area (Å²) in [4.78, 5) is 14.8. The number of hydrogen-bond acceptors (Lipinski definition) is 5. The molecule has 2 rings (SSSR count). The molecule has 0 aliphatic heterocycles. The van der Waals surface area contributed by atoms with E-state index in [1.807, 2.05) is 0 Å². The highest BCUT2D eigenvalue weighted by Gasteiger charge is 2.03. The molecule has 0 saturated heterocycles. The number of aromatic carboxylic acids is 1. The molecule has 0 fully saturated rings. The molecule has 0 spiro atoms. The molecule has 2 aromatic rings. The van der Waals surface area contributed by atoms with Crippen LogP contribution in [0.15, 0.2) is 42.6 Å². The molecule has 6 nitrogen and oxygen atoms in total. The van der Waals surface area contributed by atoms with Crippen molar-refractivity contribution >= 4 is 22.9 Å². The van der Waals surface area contributed by atoms with E-state index in [1.54, 1.807) is 30.5 Å². The summed E-state index contributed by atoms with van der Waals surface area (Å²) in [6.45, 7) is 0. The normalized spacial score (nSPS) is 11.8. The monoisotopic (exact) mass is 291 g/mol. The van der Waals surface area contributed by atoms with Crippen molar-refractivity contribution in [1.29, 1.82) is 0 Å². The summed E-state index contributed by atoms with van der Waals surface area (Å²) in [6, 6.07) is 9.86. The van der Waals surface area contributed by atoms with Crippen LogP contribution in [0.5, 0.6) is 0 Å². The van der Waals surface area contributed by atoms with E-state index in [1.165, 1.54) is 12.1 Å². The minimum absolute atomic E-state index is 0.195. The summed E-state index contributed by atoms with van der Waals surface area (Å²) in [5.41, 5.74) is 1.87. The Morgan fingerprint density at radius 3 is 2.35 bits per heavy atom. The van der Waals surface area contributed by atoms with Crippen LogP contribution < -0.4 is 5.32 Å². The Hall–Kier alpha value is -2.25. The Labute approximate surface area is 117 Å². The Morgan fingerprint density at radius 2 is 1.85 bits per heavy atom. The highest BCUT2D eigenvalue weighted by atomic mass is 32.2. The second-order valence-corrected chi connectivity index (χ2v) is 4.84. The number of carboxylic acids is 1. The highest BCUT2D eigenvalue weighted by Crippen LogP contribution is 2.20. The van der Waals surface area contributed by atoms with Gasteiger partial charge in [0.15, 0.2) is 0 Å². The van der Waals surface area contributed by atoms with Crippen molar-refractivity contribution in [1.82, 2.24) is 4.98 Å². The molecular weight excluding hydrogens is 280 g/mol. The van der Waals surface area contributed by atoms with Gasteiger partial charge in [-0.05, 0) is 40.9 Å². The third-order valence-corrected chi connectivity index (χ3v) is 2.98. The van der Waals surface area contributed by atoms with Crippen LogP contribution in [0.1, 0.15) is 10.4 Å². The van der Waals surface area contributed by atoms with Gasteiger partial charge in [-0.25, -0.2) is 9.78 Å². The van der Waals surface area contributed by atoms with Crippen LogP contribution in [0.3, 0.4) is 0 Å². The predicted molar refractivity (Wildman–Crippen MR) is 74.0 cm³/mol. The summed E-state index contributed by atoms with van der Waals surface area (Å²) in [7, 11) is 0. The van der Waals surface area contributed by atoms with Gasteiger partial charge in [-0.1, -0.05) is 12.1 Å². The number of rotatable bonds is 5. The first kappa shape index (κ1) is 14.2. The summed E-state index contributed by atoms with van der Waals surface area (Å²) in [5, 5.41) is 11.5. The zero-order valence-electron chi connectivity index (χ0n) is 10.3. The summed E-state index contributed by atoms with van der Waals surface area (Å²) < 4.78 is 20.8. The van der Waals surface area contributed by atoms with Crippen molar-refractivity contribution in [2.24, 2.45) is 0 Å². The molecule has 1 heterocycles. The number of nitrogens with zero attached hydrogens (tertiary/aromatic N) is 1. The van der Waals surface area contributed by atoms with Gasteiger partial charge in [0.05, 0.1) is 11.4 Å². The van der Waals surface area contributed by atoms with Gasteiger partial charge in [0, 0.05) is 11.8 Å². The van der Waals surface area contributed by atoms with Gasteiger partial charge in [0.1, 0.15) is 5.82 Å². The summed E-state index contributed by atoms with van der Waals surface area (Å²) in [5.74, 6) is -0.709. The number of anilines is 1. The Kier molecular flexibility index (Phi) is 4.44. The van der Waals surface area contributed by atoms with Crippen LogP contribution in [-0.2, 0) is 11.1 Å². The van der Waals surface area contributed by atoms with Crippen LogP contribution in [-0.4, -0.2) is 30.7 Å². The van der Waals surface area contributed by atoms with E-state index >= 15 is 0 Å². The van der Waals surface area contributed by atoms with Crippen molar-refractivity contribution in [2.75, 3.05) is 11.2 Å². The topological polar surface area (TPSA) is 102 Å². The average Bonchev–Trinajstić information content (AvgIpc) is 2.46. The largest absolute Gasteiger partial charge is 0.771 e. The van der Waals surface area contributed by atoms with Gasteiger partial charge in [-0.3, -0.25) is 4.21 Å². The maximum atomic E-state index is 10.7. The van der Waals surface area contributed by atoms with E-state index in [9.17, 15) is 13.6 Å². The van der Waals surface area contributed by atoms with Crippen LogP contribution in [0.4, 0.5) is 5.82 Å². The zero-order valence-corrected chi connectivity index (χ0v) is 11.1. The quantitative estimate of drug-likeness (QED) is 0.813. The molecule has 0 aliphatic rings. The van der Waals surface area contributed by atoms with E-state index in [2.05, 4.69) is 10.3 Å². The Morgan fingerprint density at radius 1 is 1.20 bits per heavy atom. The molecule has 0 amide bonds. The van der Waals surface area contributed by atoms with Gasteiger partial charge in [-0.2, -0.15) is 0 Å². The summed E-state index contributed by atoms with van der Waals surface area (Å²) in [6.07, 6.45) is 1.59. The lowest BCUT2D eigenvalue weighted by atomic mass is 10.1. The maximum Gasteiger partial charge on any atom is 0.335 e. The minimum Gasteiger partial charge on any atom is -0.771 e. The first-order chi connectivity index (χ1) is 9.56. The molecule has 1 unspecified atom stereocenters. The fourth-order valence-electron chi connectivity index (χ4n) is 1.61. The number of carboxylic acid groups (broad SMARTS) is 1. The maximum absolute atomic E-state index is 10.7. The number of hydrogen-bond donors (Lipinski definition) is 2. The molecule has 2 N–H and O–H groups in total. The van der Waals surface area contributed by atoms with Gasteiger partial charge >= 0.3 is 5.97 Å². The third kappa shape index (κ3) is 3.62. The molecule has 1 aromatic heterocycles. The van der Waals surface area contributed by atoms with Crippen molar-refractivity contribution in [3.8, 4) is 11.1 Å². The molecule has 104 valence electrons. The SMILES string of the molecule is O=C(O)c1ccc(-c2ccc(NCS(=O)[O-])nc2)cc1. The number of pyridine rings is 1.